The molecule has 2 aromatic heterocycles. The van der Waals surface area contributed by atoms with Gasteiger partial charge in [-0.25, -0.2) is 0 Å². The summed E-state index contributed by atoms with van der Waals surface area (Å²) in [6.07, 6.45) is 3.63. The van der Waals surface area contributed by atoms with Crippen LogP contribution in [0.5, 0.6) is 11.8 Å². The lowest BCUT2D eigenvalue weighted by molar-refractivity contribution is 0.426. The molecule has 142 valence electrons. The smallest absolute Gasteiger partial charge is 0.345 e. The molecule has 0 saturated heterocycles. The zero-order chi connectivity index (χ0) is 18.3. The van der Waals surface area contributed by atoms with Gasteiger partial charge >= 0.3 is 6.01 Å². The van der Waals surface area contributed by atoms with Crippen LogP contribution >= 0.6 is 12.4 Å². The molecule has 0 aliphatic carbocycles. The number of aromatic nitrogens is 5. The number of nitrogens with zero attached hydrogens (tertiary/aromatic N) is 5. The van der Waals surface area contributed by atoms with Gasteiger partial charge in [0, 0.05) is 25.5 Å². The predicted octanol–water partition coefficient (Wildman–Crippen LogP) is 3.56. The third-order valence-electron chi connectivity index (χ3n) is 3.93. The summed E-state index contributed by atoms with van der Waals surface area (Å²) in [5.74, 6) is 0.683. The summed E-state index contributed by atoms with van der Waals surface area (Å²) in [6.45, 7) is 1.47. The van der Waals surface area contributed by atoms with Gasteiger partial charge in [-0.1, -0.05) is 41.5 Å². The van der Waals surface area contributed by atoms with E-state index >= 15 is 0 Å². The maximum Gasteiger partial charge on any atom is 0.345 e. The van der Waals surface area contributed by atoms with E-state index in [1.54, 1.807) is 10.9 Å². The summed E-state index contributed by atoms with van der Waals surface area (Å²) in [6, 6.07) is 21.8. The zero-order valence-corrected chi connectivity index (χ0v) is 15.8. The van der Waals surface area contributed by atoms with E-state index in [0.717, 1.165) is 29.9 Å². The number of nitrogens with one attached hydrogen (secondary N) is 1. The van der Waals surface area contributed by atoms with E-state index in [0.29, 0.717) is 11.8 Å². The largest absolute Gasteiger partial charge is 0.423 e. The average molecular weight is 395 g/mol. The van der Waals surface area contributed by atoms with E-state index in [9.17, 15) is 0 Å². The van der Waals surface area contributed by atoms with Gasteiger partial charge in [0.15, 0.2) is 0 Å². The standard InChI is InChI=1S/C20H18N6O.ClH/c1-2-8-18(9-3-1)26-20(23-24-25-26)27-19-10-4-6-16(12-19)13-22-15-17-7-5-11-21-14-17;/h1-12,14,22H,13,15H2;1H. The molecule has 4 rings (SSSR count). The highest BCUT2D eigenvalue weighted by Crippen LogP contribution is 2.22. The molecule has 4 aromatic rings. The zero-order valence-electron chi connectivity index (χ0n) is 15.0. The minimum Gasteiger partial charge on any atom is -0.423 e. The van der Waals surface area contributed by atoms with E-state index < -0.39 is 0 Å². The highest BCUT2D eigenvalue weighted by atomic mass is 35.5. The first-order chi connectivity index (χ1) is 13.4. The third kappa shape index (κ3) is 4.91. The maximum absolute atomic E-state index is 5.90. The number of tetrazole rings is 1. The third-order valence-corrected chi connectivity index (χ3v) is 3.93. The van der Waals surface area contributed by atoms with Crippen LogP contribution in [0.2, 0.25) is 0 Å². The Bertz CT molecular complexity index is 994. The number of hydrogen-bond acceptors (Lipinski definition) is 6. The first kappa shape index (κ1) is 19.5. The highest BCUT2D eigenvalue weighted by molar-refractivity contribution is 5.85. The van der Waals surface area contributed by atoms with Crippen molar-refractivity contribution in [2.75, 3.05) is 0 Å². The lowest BCUT2D eigenvalue weighted by Gasteiger charge is -2.08. The Labute approximate surface area is 168 Å². The van der Waals surface area contributed by atoms with Crippen LogP contribution in [0.25, 0.3) is 5.69 Å². The molecule has 0 aliphatic rings. The first-order valence-electron chi connectivity index (χ1n) is 8.59. The molecule has 0 aliphatic heterocycles. The minimum absolute atomic E-state index is 0. The first-order valence-corrected chi connectivity index (χ1v) is 8.59. The van der Waals surface area contributed by atoms with Crippen molar-refractivity contribution in [2.24, 2.45) is 0 Å². The van der Waals surface area contributed by atoms with E-state index in [-0.39, 0.29) is 12.4 Å². The second-order valence-corrected chi connectivity index (χ2v) is 5.92. The Hall–Kier alpha value is -3.29. The van der Waals surface area contributed by atoms with Gasteiger partial charge in [0.05, 0.1) is 5.69 Å². The molecule has 8 heteroatoms. The molecule has 28 heavy (non-hydrogen) atoms. The summed E-state index contributed by atoms with van der Waals surface area (Å²) in [5, 5.41) is 15.1. The number of ether oxygens (including phenoxy) is 1. The van der Waals surface area contributed by atoms with Crippen molar-refractivity contribution in [3.05, 3.63) is 90.3 Å². The summed E-state index contributed by atoms with van der Waals surface area (Å²) in [7, 11) is 0. The van der Waals surface area contributed by atoms with Gasteiger partial charge in [0.25, 0.3) is 0 Å². The van der Waals surface area contributed by atoms with E-state index in [2.05, 4.69) is 25.8 Å². The fraction of sp³-hybridized carbons (Fsp3) is 0.100. The van der Waals surface area contributed by atoms with Crippen molar-refractivity contribution in [3.63, 3.8) is 0 Å². The Morgan fingerprint density at radius 3 is 2.54 bits per heavy atom. The second-order valence-electron chi connectivity index (χ2n) is 5.92. The van der Waals surface area contributed by atoms with E-state index in [1.807, 2.05) is 72.9 Å². The van der Waals surface area contributed by atoms with Gasteiger partial charge in [0.2, 0.25) is 0 Å². The van der Waals surface area contributed by atoms with Crippen molar-refractivity contribution in [2.45, 2.75) is 13.1 Å². The number of halogens is 1. The molecule has 0 atom stereocenters. The molecule has 0 fully saturated rings. The van der Waals surface area contributed by atoms with Gasteiger partial charge in [0.1, 0.15) is 5.75 Å². The summed E-state index contributed by atoms with van der Waals surface area (Å²) in [5.41, 5.74) is 3.09. The van der Waals surface area contributed by atoms with Crippen LogP contribution in [0.1, 0.15) is 11.1 Å². The monoisotopic (exact) mass is 394 g/mol. The van der Waals surface area contributed by atoms with Crippen LogP contribution in [-0.2, 0) is 13.1 Å². The van der Waals surface area contributed by atoms with E-state index in [1.165, 1.54) is 0 Å². The minimum atomic E-state index is 0. The van der Waals surface area contributed by atoms with Gasteiger partial charge in [-0.2, -0.15) is 4.68 Å². The summed E-state index contributed by atoms with van der Waals surface area (Å²) >= 11 is 0. The van der Waals surface area contributed by atoms with Crippen molar-refractivity contribution in [3.8, 4) is 17.4 Å². The number of benzene rings is 2. The Balaban J connectivity index is 0.00000225. The van der Waals surface area contributed by atoms with Crippen LogP contribution < -0.4 is 10.1 Å². The number of rotatable bonds is 7. The van der Waals surface area contributed by atoms with Crippen LogP contribution in [0.4, 0.5) is 0 Å². The molecule has 2 heterocycles. The SMILES string of the molecule is Cl.c1ccc(-n2nnnc2Oc2cccc(CNCc3cccnc3)c2)cc1. The van der Waals surface area contributed by atoms with Gasteiger partial charge < -0.3 is 10.1 Å². The normalized spacial score (nSPS) is 10.3. The van der Waals surface area contributed by atoms with Crippen molar-refractivity contribution in [1.29, 1.82) is 0 Å². The molecule has 0 bridgehead atoms. The molecular weight excluding hydrogens is 376 g/mol. The quantitative estimate of drug-likeness (QED) is 0.516. The highest BCUT2D eigenvalue weighted by Gasteiger charge is 2.10. The number of pyridine rings is 1. The topological polar surface area (TPSA) is 77.8 Å². The van der Waals surface area contributed by atoms with Crippen LogP contribution in [0.15, 0.2) is 79.1 Å². The lowest BCUT2D eigenvalue weighted by atomic mass is 10.2. The number of para-hydroxylation sites is 1. The van der Waals surface area contributed by atoms with Gasteiger partial charge in [-0.15, -0.1) is 12.4 Å². The van der Waals surface area contributed by atoms with E-state index in [4.69, 9.17) is 4.74 Å². The van der Waals surface area contributed by atoms with Crippen LogP contribution in [-0.4, -0.2) is 25.2 Å². The maximum atomic E-state index is 5.90. The average Bonchev–Trinajstić information content (AvgIpc) is 3.18. The van der Waals surface area contributed by atoms with Crippen molar-refractivity contribution >= 4 is 12.4 Å². The molecule has 0 amide bonds. The number of hydrogen-bond donors (Lipinski definition) is 1. The molecule has 0 saturated carbocycles. The van der Waals surface area contributed by atoms with Crippen LogP contribution in [0, 0.1) is 0 Å². The Morgan fingerprint density at radius 2 is 1.71 bits per heavy atom. The van der Waals surface area contributed by atoms with Crippen molar-refractivity contribution in [1.82, 2.24) is 30.5 Å². The fourth-order valence-electron chi connectivity index (χ4n) is 2.65. The second kappa shape index (κ2) is 9.59. The molecule has 0 spiro atoms. The molecule has 0 unspecified atom stereocenters. The Kier molecular flexibility index (Phi) is 6.67. The lowest BCUT2D eigenvalue weighted by Crippen LogP contribution is -2.12. The van der Waals surface area contributed by atoms with Gasteiger partial charge in [-0.3, -0.25) is 4.98 Å². The fourth-order valence-corrected chi connectivity index (χ4v) is 2.65. The molecule has 2 aromatic carbocycles. The molecule has 7 nitrogen and oxygen atoms in total. The van der Waals surface area contributed by atoms with Crippen LogP contribution in [0.3, 0.4) is 0 Å². The summed E-state index contributed by atoms with van der Waals surface area (Å²) in [4.78, 5) is 4.12. The summed E-state index contributed by atoms with van der Waals surface area (Å²) < 4.78 is 7.46. The molecule has 0 radical (unpaired) electrons. The van der Waals surface area contributed by atoms with Crippen molar-refractivity contribution < 1.29 is 4.74 Å². The predicted molar refractivity (Wildman–Crippen MR) is 108 cm³/mol. The Morgan fingerprint density at radius 1 is 0.893 bits per heavy atom. The molecular formula is C20H19ClN6O. The molecule has 1 N–H and O–H groups in total. The van der Waals surface area contributed by atoms with Gasteiger partial charge in [-0.05, 0) is 51.9 Å².